The van der Waals surface area contributed by atoms with E-state index < -0.39 is 6.09 Å². The third-order valence-electron chi connectivity index (χ3n) is 2.35. The molecule has 6 heteroatoms. The molecule has 0 atom stereocenters. The molecule has 0 aromatic rings. The fraction of sp³-hybridized carbons (Fsp3) is 0.625. The molecule has 1 saturated heterocycles. The molecular weight excluding hydrogens is 186 g/mol. The summed E-state index contributed by atoms with van der Waals surface area (Å²) < 4.78 is 0. The lowest BCUT2D eigenvalue weighted by Gasteiger charge is -2.27. The van der Waals surface area contributed by atoms with Crippen LogP contribution in [0.25, 0.3) is 5.53 Å². The van der Waals surface area contributed by atoms with Gasteiger partial charge < -0.3 is 15.5 Å². The van der Waals surface area contributed by atoms with Gasteiger partial charge in [0.05, 0.1) is 0 Å². The number of carbonyl (C=O) groups is 2. The van der Waals surface area contributed by atoms with E-state index in [1.807, 2.05) is 0 Å². The van der Waals surface area contributed by atoms with Crippen LogP contribution in [0.2, 0.25) is 0 Å². The number of ketones is 1. The van der Waals surface area contributed by atoms with Crippen LogP contribution >= 0.6 is 0 Å². The lowest BCUT2D eigenvalue weighted by Crippen LogP contribution is -2.39. The van der Waals surface area contributed by atoms with Crippen molar-refractivity contribution in [2.45, 2.75) is 12.8 Å². The Balaban J connectivity index is 2.46. The van der Waals surface area contributed by atoms with Crippen LogP contribution in [-0.4, -0.2) is 46.0 Å². The molecule has 1 amide bonds. The first-order chi connectivity index (χ1) is 6.65. The van der Waals surface area contributed by atoms with Crippen LogP contribution in [0.15, 0.2) is 0 Å². The zero-order valence-corrected chi connectivity index (χ0v) is 7.59. The molecule has 0 spiro atoms. The molecule has 1 aliphatic rings. The number of carboxylic acid groups (broad SMARTS) is 1. The first kappa shape index (κ1) is 10.4. The highest BCUT2D eigenvalue weighted by atomic mass is 16.4. The predicted molar refractivity (Wildman–Crippen MR) is 47.0 cm³/mol. The normalized spacial score (nSPS) is 17.3. The van der Waals surface area contributed by atoms with Gasteiger partial charge in [-0.3, -0.25) is 4.79 Å². The highest BCUT2D eigenvalue weighted by molar-refractivity contribution is 6.26. The first-order valence-corrected chi connectivity index (χ1v) is 4.34. The molecule has 1 N–H and O–H groups in total. The third-order valence-corrected chi connectivity index (χ3v) is 2.35. The molecule has 0 aliphatic carbocycles. The summed E-state index contributed by atoms with van der Waals surface area (Å²) in [6.07, 6.45) is 0.918. The van der Waals surface area contributed by atoms with Crippen LogP contribution in [-0.2, 0) is 4.79 Å². The minimum Gasteiger partial charge on any atom is -0.465 e. The van der Waals surface area contributed by atoms with Crippen molar-refractivity contribution < 1.29 is 19.5 Å². The van der Waals surface area contributed by atoms with Gasteiger partial charge in [0.25, 0.3) is 0 Å². The van der Waals surface area contributed by atoms with Crippen molar-refractivity contribution in [1.82, 2.24) is 4.90 Å². The second kappa shape index (κ2) is 4.53. The molecule has 1 rings (SSSR count). The van der Waals surface area contributed by atoms with E-state index in [1.54, 1.807) is 0 Å². The Kier molecular flexibility index (Phi) is 3.36. The van der Waals surface area contributed by atoms with Gasteiger partial charge in [0.2, 0.25) is 5.78 Å². The molecule has 0 bridgehead atoms. The van der Waals surface area contributed by atoms with Gasteiger partial charge in [-0.2, -0.15) is 4.79 Å². The monoisotopic (exact) mass is 197 g/mol. The van der Waals surface area contributed by atoms with Crippen molar-refractivity contribution in [2.24, 2.45) is 5.92 Å². The van der Waals surface area contributed by atoms with Gasteiger partial charge in [-0.1, -0.05) is 0 Å². The number of Topliss-reactive ketones (excluding diaryl/α,β-unsaturated/α-hetero) is 1. The SMILES string of the molecule is [N-]=[N+]=CC(=O)C1CCN(C(=O)O)CC1. The number of hydrogen-bond acceptors (Lipinski definition) is 2. The van der Waals surface area contributed by atoms with Crippen LogP contribution in [0.3, 0.4) is 0 Å². The molecule has 1 heterocycles. The van der Waals surface area contributed by atoms with Gasteiger partial charge in [0.1, 0.15) is 0 Å². The summed E-state index contributed by atoms with van der Waals surface area (Å²) in [6.45, 7) is 0.732. The van der Waals surface area contributed by atoms with Crippen LogP contribution in [0, 0.1) is 5.92 Å². The molecule has 0 radical (unpaired) electrons. The first-order valence-electron chi connectivity index (χ1n) is 4.34. The molecule has 0 aromatic heterocycles. The van der Waals surface area contributed by atoms with Crippen LogP contribution in [0.5, 0.6) is 0 Å². The lowest BCUT2D eigenvalue weighted by atomic mass is 9.93. The Labute approximate surface area is 80.7 Å². The maximum Gasteiger partial charge on any atom is 0.407 e. The van der Waals surface area contributed by atoms with Crippen LogP contribution in [0.4, 0.5) is 4.79 Å². The average Bonchev–Trinajstić information content (AvgIpc) is 2.18. The largest absolute Gasteiger partial charge is 0.465 e. The van der Waals surface area contributed by atoms with Gasteiger partial charge in [-0.15, -0.1) is 0 Å². The number of nitrogens with zero attached hydrogens (tertiary/aromatic N) is 3. The minimum atomic E-state index is -0.952. The molecular formula is C8H11N3O3. The van der Waals surface area contributed by atoms with E-state index in [-0.39, 0.29) is 11.7 Å². The van der Waals surface area contributed by atoms with E-state index in [4.69, 9.17) is 10.6 Å². The van der Waals surface area contributed by atoms with Crippen molar-refractivity contribution in [1.29, 1.82) is 0 Å². The minimum absolute atomic E-state index is 0.207. The second-order valence-electron chi connectivity index (χ2n) is 3.19. The molecule has 76 valence electrons. The standard InChI is InChI=1S/C8H11N3O3/c9-10-5-7(12)6-1-3-11(4-2-6)8(13)14/h5-6H,1-4H2,(H,13,14). The lowest BCUT2D eigenvalue weighted by molar-refractivity contribution is -0.120. The Morgan fingerprint density at radius 3 is 2.43 bits per heavy atom. The fourth-order valence-electron chi connectivity index (χ4n) is 1.52. The molecule has 0 aromatic carbocycles. The van der Waals surface area contributed by atoms with Crippen molar-refractivity contribution in [3.05, 3.63) is 5.53 Å². The quantitative estimate of drug-likeness (QED) is 0.390. The van der Waals surface area contributed by atoms with Crippen molar-refractivity contribution in [3.63, 3.8) is 0 Å². The van der Waals surface area contributed by atoms with Gasteiger partial charge >= 0.3 is 12.3 Å². The number of hydrogen-bond donors (Lipinski definition) is 1. The van der Waals surface area contributed by atoms with Gasteiger partial charge in [-0.05, 0) is 12.8 Å². The predicted octanol–water partition coefficient (Wildman–Crippen LogP) is 0.246. The molecule has 1 fully saturated rings. The van der Waals surface area contributed by atoms with E-state index >= 15 is 0 Å². The Morgan fingerprint density at radius 2 is 2.00 bits per heavy atom. The van der Waals surface area contributed by atoms with Crippen LogP contribution in [0.1, 0.15) is 12.8 Å². The van der Waals surface area contributed by atoms with Crippen LogP contribution < -0.4 is 0 Å². The zero-order valence-electron chi connectivity index (χ0n) is 7.59. The Morgan fingerprint density at radius 1 is 1.43 bits per heavy atom. The molecule has 0 unspecified atom stereocenters. The molecule has 0 saturated carbocycles. The van der Waals surface area contributed by atoms with Gasteiger partial charge in [-0.25, -0.2) is 4.79 Å². The second-order valence-corrected chi connectivity index (χ2v) is 3.19. The molecule has 14 heavy (non-hydrogen) atoms. The Hall–Kier alpha value is -1.68. The van der Waals surface area contributed by atoms with Crippen molar-refractivity contribution in [3.8, 4) is 0 Å². The number of amides is 1. The summed E-state index contributed by atoms with van der Waals surface area (Å²) >= 11 is 0. The number of rotatable bonds is 2. The van der Waals surface area contributed by atoms with Gasteiger partial charge in [0.15, 0.2) is 0 Å². The van der Waals surface area contributed by atoms with E-state index in [9.17, 15) is 9.59 Å². The third kappa shape index (κ3) is 2.40. The van der Waals surface area contributed by atoms with E-state index in [1.165, 1.54) is 4.90 Å². The molecule has 6 nitrogen and oxygen atoms in total. The van der Waals surface area contributed by atoms with E-state index in [0.717, 1.165) is 6.21 Å². The average molecular weight is 197 g/mol. The number of carbonyl (C=O) groups excluding carboxylic acids is 1. The topological polar surface area (TPSA) is 94.0 Å². The smallest absolute Gasteiger partial charge is 0.407 e. The number of likely N-dealkylation sites (tertiary alicyclic amines) is 1. The summed E-state index contributed by atoms with van der Waals surface area (Å²) in [4.78, 5) is 25.7. The van der Waals surface area contributed by atoms with E-state index in [2.05, 4.69) is 4.79 Å². The summed E-state index contributed by atoms with van der Waals surface area (Å²) in [7, 11) is 0. The van der Waals surface area contributed by atoms with Crippen molar-refractivity contribution in [2.75, 3.05) is 13.1 Å². The summed E-state index contributed by atoms with van der Waals surface area (Å²) in [5, 5.41) is 8.64. The zero-order chi connectivity index (χ0) is 10.6. The van der Waals surface area contributed by atoms with E-state index in [0.29, 0.717) is 25.9 Å². The highest BCUT2D eigenvalue weighted by Gasteiger charge is 2.27. The summed E-state index contributed by atoms with van der Waals surface area (Å²) in [5.74, 6) is -0.445. The highest BCUT2D eigenvalue weighted by Crippen LogP contribution is 2.17. The summed E-state index contributed by atoms with van der Waals surface area (Å²) in [6, 6.07) is 0. The maximum atomic E-state index is 11.2. The van der Waals surface area contributed by atoms with Crippen molar-refractivity contribution >= 4 is 18.1 Å². The van der Waals surface area contributed by atoms with Gasteiger partial charge in [0, 0.05) is 19.0 Å². The Bertz CT molecular complexity index is 288. The number of piperidine rings is 1. The fourth-order valence-corrected chi connectivity index (χ4v) is 1.52. The summed E-state index contributed by atoms with van der Waals surface area (Å²) in [5.41, 5.74) is 8.15. The molecule has 1 aliphatic heterocycles. The maximum absolute atomic E-state index is 11.2.